The summed E-state index contributed by atoms with van der Waals surface area (Å²) in [7, 11) is 0. The fraction of sp³-hybridized carbons (Fsp3) is 0.273. The van der Waals surface area contributed by atoms with Crippen molar-refractivity contribution in [3.8, 4) is 0 Å². The van der Waals surface area contributed by atoms with Crippen LogP contribution in [-0.4, -0.2) is 16.4 Å². The lowest BCUT2D eigenvalue weighted by molar-refractivity contribution is -0.136. The molecule has 1 saturated carbocycles. The van der Waals surface area contributed by atoms with Crippen LogP contribution in [0.15, 0.2) is 23.0 Å². The Labute approximate surface area is 90.4 Å². The predicted molar refractivity (Wildman–Crippen MR) is 57.0 cm³/mol. The van der Waals surface area contributed by atoms with E-state index in [1.807, 2.05) is 18.2 Å². The Morgan fingerprint density at radius 3 is 2.69 bits per heavy atom. The number of imidazole rings is 1. The Morgan fingerprint density at radius 1 is 1.25 bits per heavy atom. The van der Waals surface area contributed by atoms with Crippen molar-refractivity contribution in [1.82, 2.24) is 9.97 Å². The maximum atomic E-state index is 11.1. The average Bonchev–Trinajstić information content (AvgIpc) is 2.93. The highest BCUT2D eigenvalue weighted by Gasteiger charge is 2.47. The summed E-state index contributed by atoms with van der Waals surface area (Å²) < 4.78 is 5.10. The van der Waals surface area contributed by atoms with E-state index in [9.17, 15) is 9.59 Å². The lowest BCUT2D eigenvalue weighted by Crippen LogP contribution is -2.10. The van der Waals surface area contributed by atoms with Gasteiger partial charge in [0.25, 0.3) is 6.47 Å². The van der Waals surface area contributed by atoms with Crippen molar-refractivity contribution < 1.29 is 9.53 Å². The van der Waals surface area contributed by atoms with Crippen molar-refractivity contribution in [2.24, 2.45) is 0 Å². The molecule has 1 heterocycles. The minimum Gasteiger partial charge on any atom is -0.456 e. The Balaban J connectivity index is 2.11. The second-order valence-corrected chi connectivity index (χ2v) is 4.05. The van der Waals surface area contributed by atoms with E-state index in [4.69, 9.17) is 4.74 Å². The summed E-state index contributed by atoms with van der Waals surface area (Å²) in [4.78, 5) is 26.9. The first-order chi connectivity index (χ1) is 7.73. The van der Waals surface area contributed by atoms with Crippen molar-refractivity contribution in [2.75, 3.05) is 0 Å². The number of hydrogen-bond donors (Lipinski definition) is 2. The zero-order valence-corrected chi connectivity index (χ0v) is 8.45. The SMILES string of the molecule is O=COC1(c2ccc3[nH]c(=O)[nH]c3c2)CC1. The van der Waals surface area contributed by atoms with Crippen molar-refractivity contribution in [2.45, 2.75) is 18.4 Å². The summed E-state index contributed by atoms with van der Waals surface area (Å²) in [6, 6.07) is 5.54. The van der Waals surface area contributed by atoms with Gasteiger partial charge in [0.15, 0.2) is 0 Å². The third-order valence-electron chi connectivity index (χ3n) is 3.02. The van der Waals surface area contributed by atoms with Crippen LogP contribution in [0.5, 0.6) is 0 Å². The molecule has 2 aromatic rings. The van der Waals surface area contributed by atoms with Gasteiger partial charge in [-0.25, -0.2) is 4.79 Å². The van der Waals surface area contributed by atoms with Gasteiger partial charge < -0.3 is 14.7 Å². The zero-order valence-electron chi connectivity index (χ0n) is 8.45. The molecule has 0 saturated heterocycles. The normalized spacial score (nSPS) is 17.2. The largest absolute Gasteiger partial charge is 0.456 e. The molecule has 2 N–H and O–H groups in total. The number of carbonyl (C=O) groups is 1. The van der Waals surface area contributed by atoms with Gasteiger partial charge in [0.1, 0.15) is 5.60 Å². The highest BCUT2D eigenvalue weighted by atomic mass is 16.5. The van der Waals surface area contributed by atoms with Gasteiger partial charge in [0, 0.05) is 0 Å². The number of carbonyl (C=O) groups excluding carboxylic acids is 1. The van der Waals surface area contributed by atoms with Gasteiger partial charge in [0.05, 0.1) is 11.0 Å². The van der Waals surface area contributed by atoms with Crippen molar-refractivity contribution in [1.29, 1.82) is 0 Å². The number of aromatic nitrogens is 2. The molecule has 1 aliphatic rings. The van der Waals surface area contributed by atoms with E-state index < -0.39 is 5.60 Å². The van der Waals surface area contributed by atoms with Gasteiger partial charge in [-0.15, -0.1) is 0 Å². The minimum atomic E-state index is -0.454. The van der Waals surface area contributed by atoms with Crippen LogP contribution >= 0.6 is 0 Å². The van der Waals surface area contributed by atoms with Gasteiger partial charge >= 0.3 is 5.69 Å². The number of nitrogens with one attached hydrogen (secondary N) is 2. The molecule has 0 amide bonds. The molecule has 1 aliphatic carbocycles. The lowest BCUT2D eigenvalue weighted by Gasteiger charge is -2.13. The maximum absolute atomic E-state index is 11.1. The zero-order chi connectivity index (χ0) is 11.2. The molecule has 0 spiro atoms. The van der Waals surface area contributed by atoms with E-state index >= 15 is 0 Å². The number of rotatable bonds is 3. The Bertz CT molecular complexity index is 607. The highest BCUT2D eigenvalue weighted by Crippen LogP contribution is 2.49. The van der Waals surface area contributed by atoms with Crippen molar-refractivity contribution in [3.05, 3.63) is 34.2 Å². The molecule has 0 bridgehead atoms. The van der Waals surface area contributed by atoms with Crippen molar-refractivity contribution >= 4 is 17.5 Å². The minimum absolute atomic E-state index is 0.228. The average molecular weight is 218 g/mol. The summed E-state index contributed by atoms with van der Waals surface area (Å²) in [6.07, 6.45) is 1.68. The monoisotopic (exact) mass is 218 g/mol. The van der Waals surface area contributed by atoms with Crippen LogP contribution in [0.2, 0.25) is 0 Å². The molecule has 16 heavy (non-hydrogen) atoms. The number of benzene rings is 1. The fourth-order valence-electron chi connectivity index (χ4n) is 2.00. The van der Waals surface area contributed by atoms with Gasteiger partial charge in [-0.3, -0.25) is 4.79 Å². The number of fused-ring (bicyclic) bond motifs is 1. The third-order valence-corrected chi connectivity index (χ3v) is 3.02. The van der Waals surface area contributed by atoms with E-state index in [1.165, 1.54) is 0 Å². The first-order valence-corrected chi connectivity index (χ1v) is 5.07. The maximum Gasteiger partial charge on any atom is 0.323 e. The molecule has 1 aromatic carbocycles. The van der Waals surface area contributed by atoms with E-state index in [2.05, 4.69) is 9.97 Å². The van der Waals surface area contributed by atoms with Gasteiger partial charge in [0.2, 0.25) is 0 Å². The quantitative estimate of drug-likeness (QED) is 0.755. The van der Waals surface area contributed by atoms with E-state index in [1.54, 1.807) is 0 Å². The highest BCUT2D eigenvalue weighted by molar-refractivity contribution is 5.75. The molecule has 0 aliphatic heterocycles. The molecule has 3 rings (SSSR count). The van der Waals surface area contributed by atoms with Crippen LogP contribution in [-0.2, 0) is 15.1 Å². The standard InChI is InChI=1S/C11H10N2O3/c14-6-16-11(3-4-11)7-1-2-8-9(5-7)13-10(15)12-8/h1-2,5-6H,3-4H2,(H2,12,13,15). The van der Waals surface area contributed by atoms with Crippen LogP contribution in [0.1, 0.15) is 18.4 Å². The summed E-state index contributed by atoms with van der Waals surface area (Å²) in [5.41, 5.74) is 1.75. The first kappa shape index (κ1) is 9.21. The Kier molecular flexibility index (Phi) is 1.71. The van der Waals surface area contributed by atoms with Crippen molar-refractivity contribution in [3.63, 3.8) is 0 Å². The molecule has 5 heteroatoms. The van der Waals surface area contributed by atoms with E-state index in [-0.39, 0.29) is 5.69 Å². The van der Waals surface area contributed by atoms with E-state index in [0.717, 1.165) is 29.4 Å². The predicted octanol–water partition coefficient (Wildman–Crippen LogP) is 1.02. The van der Waals surface area contributed by atoms with Crippen LogP contribution in [0.3, 0.4) is 0 Å². The summed E-state index contributed by atoms with van der Waals surface area (Å²) in [6.45, 7) is 0.483. The molecule has 82 valence electrons. The van der Waals surface area contributed by atoms with E-state index in [0.29, 0.717) is 6.47 Å². The number of ether oxygens (including phenoxy) is 1. The van der Waals surface area contributed by atoms with Crippen LogP contribution in [0.4, 0.5) is 0 Å². The van der Waals surface area contributed by atoms with Crippen LogP contribution in [0, 0.1) is 0 Å². The Morgan fingerprint density at radius 2 is 2.00 bits per heavy atom. The summed E-state index contributed by atoms with van der Waals surface area (Å²) >= 11 is 0. The smallest absolute Gasteiger partial charge is 0.323 e. The Hall–Kier alpha value is -2.04. The number of H-pyrrole nitrogens is 2. The lowest BCUT2D eigenvalue weighted by atomic mass is 10.1. The fourth-order valence-corrected chi connectivity index (χ4v) is 2.00. The summed E-state index contributed by atoms with van der Waals surface area (Å²) in [5, 5.41) is 0. The molecule has 0 atom stereocenters. The number of hydrogen-bond acceptors (Lipinski definition) is 3. The molecular formula is C11H10N2O3. The van der Waals surface area contributed by atoms with Crippen LogP contribution < -0.4 is 5.69 Å². The molecule has 0 unspecified atom stereocenters. The van der Waals surface area contributed by atoms with Crippen LogP contribution in [0.25, 0.3) is 11.0 Å². The summed E-state index contributed by atoms with van der Waals surface area (Å²) in [5.74, 6) is 0. The van der Waals surface area contributed by atoms with Gasteiger partial charge in [-0.2, -0.15) is 0 Å². The van der Waals surface area contributed by atoms with Gasteiger partial charge in [-0.05, 0) is 30.5 Å². The second-order valence-electron chi connectivity index (χ2n) is 4.05. The number of aromatic amines is 2. The topological polar surface area (TPSA) is 75.0 Å². The van der Waals surface area contributed by atoms with Gasteiger partial charge in [-0.1, -0.05) is 6.07 Å². The molecule has 1 aromatic heterocycles. The molecule has 1 fully saturated rings. The molecule has 0 radical (unpaired) electrons. The first-order valence-electron chi connectivity index (χ1n) is 5.07. The second kappa shape index (κ2) is 2.98. The molecular weight excluding hydrogens is 208 g/mol. The third kappa shape index (κ3) is 1.25. The molecule has 5 nitrogen and oxygen atoms in total.